The van der Waals surface area contributed by atoms with Crippen LogP contribution in [0.15, 0.2) is 36.4 Å². The van der Waals surface area contributed by atoms with Crippen molar-refractivity contribution in [1.29, 1.82) is 0 Å². The van der Waals surface area contributed by atoms with E-state index in [9.17, 15) is 0 Å². The Morgan fingerprint density at radius 3 is 2.40 bits per heavy atom. The van der Waals surface area contributed by atoms with Crippen molar-refractivity contribution in [3.8, 4) is 17.2 Å². The lowest BCUT2D eigenvalue weighted by Crippen LogP contribution is -2.27. The summed E-state index contributed by atoms with van der Waals surface area (Å²) >= 11 is 11.4. The summed E-state index contributed by atoms with van der Waals surface area (Å²) in [7, 11) is 3.20. The molecule has 0 aliphatic heterocycles. The normalized spacial score (nSPS) is 10.1. The van der Waals surface area contributed by atoms with Gasteiger partial charge in [0.15, 0.2) is 16.6 Å². The van der Waals surface area contributed by atoms with Crippen LogP contribution in [-0.2, 0) is 6.54 Å². The van der Waals surface area contributed by atoms with Gasteiger partial charge in [0.1, 0.15) is 5.75 Å². The van der Waals surface area contributed by atoms with Gasteiger partial charge in [-0.1, -0.05) is 17.7 Å². The van der Waals surface area contributed by atoms with E-state index in [1.165, 1.54) is 0 Å². The van der Waals surface area contributed by atoms with E-state index < -0.39 is 0 Å². The van der Waals surface area contributed by atoms with Gasteiger partial charge in [0.05, 0.1) is 25.8 Å². The molecule has 2 aromatic rings. The molecule has 0 bridgehead atoms. The number of hydrogen-bond donors (Lipinski definition) is 2. The molecule has 2 N–H and O–H groups in total. The van der Waals surface area contributed by atoms with Crippen LogP contribution in [0.3, 0.4) is 0 Å². The van der Waals surface area contributed by atoms with Gasteiger partial charge < -0.3 is 24.8 Å². The minimum atomic E-state index is 0.495. The quantitative estimate of drug-likeness (QED) is 0.700. The molecule has 134 valence electrons. The maximum Gasteiger partial charge on any atom is 0.171 e. The Kier molecular flexibility index (Phi) is 7.16. The number of thiocarbonyl (C=S) groups is 1. The Balaban J connectivity index is 1.95. The molecule has 7 heteroatoms. The number of benzene rings is 2. The molecular formula is C18H21ClN2O3S. The van der Waals surface area contributed by atoms with Gasteiger partial charge in [-0.25, -0.2) is 0 Å². The predicted octanol–water partition coefficient (Wildman–Crippen LogP) is 4.24. The zero-order chi connectivity index (χ0) is 18.2. The van der Waals surface area contributed by atoms with E-state index in [-0.39, 0.29) is 0 Å². The highest BCUT2D eigenvalue weighted by Crippen LogP contribution is 2.28. The first-order chi connectivity index (χ1) is 12.1. The van der Waals surface area contributed by atoms with Crippen LogP contribution < -0.4 is 24.8 Å². The third-order valence-electron chi connectivity index (χ3n) is 3.39. The molecule has 0 atom stereocenters. The van der Waals surface area contributed by atoms with Gasteiger partial charge >= 0.3 is 0 Å². The molecule has 0 aliphatic rings. The van der Waals surface area contributed by atoms with Gasteiger partial charge in [0.25, 0.3) is 0 Å². The lowest BCUT2D eigenvalue weighted by molar-refractivity contribution is 0.310. The molecule has 0 saturated carbocycles. The fraction of sp³-hybridized carbons (Fsp3) is 0.278. The van der Waals surface area contributed by atoms with Gasteiger partial charge in [-0.2, -0.15) is 0 Å². The molecule has 0 unspecified atom stereocenters. The Labute approximate surface area is 158 Å². The topological polar surface area (TPSA) is 51.8 Å². The second-order valence-electron chi connectivity index (χ2n) is 5.08. The van der Waals surface area contributed by atoms with Crippen molar-refractivity contribution in [3.63, 3.8) is 0 Å². The van der Waals surface area contributed by atoms with Crippen LogP contribution in [0.25, 0.3) is 0 Å². The number of methoxy groups -OCH3 is 2. The highest BCUT2D eigenvalue weighted by Gasteiger charge is 2.07. The van der Waals surface area contributed by atoms with Crippen molar-refractivity contribution in [1.82, 2.24) is 5.32 Å². The predicted molar refractivity (Wildman–Crippen MR) is 105 cm³/mol. The van der Waals surface area contributed by atoms with Gasteiger partial charge in [-0.15, -0.1) is 0 Å². The fourth-order valence-electron chi connectivity index (χ4n) is 2.20. The average molecular weight is 381 g/mol. The summed E-state index contributed by atoms with van der Waals surface area (Å²) in [6.45, 7) is 3.06. The van der Waals surface area contributed by atoms with Crippen LogP contribution in [-0.4, -0.2) is 25.9 Å². The molecule has 0 saturated heterocycles. The highest BCUT2D eigenvalue weighted by atomic mass is 35.5. The minimum absolute atomic E-state index is 0.495. The zero-order valence-corrected chi connectivity index (χ0v) is 16.0. The van der Waals surface area contributed by atoms with Crippen LogP contribution >= 0.6 is 23.8 Å². The largest absolute Gasteiger partial charge is 0.495 e. The van der Waals surface area contributed by atoms with Gasteiger partial charge in [-0.05, 0) is 55.0 Å². The Morgan fingerprint density at radius 1 is 1.04 bits per heavy atom. The average Bonchev–Trinajstić information content (AvgIpc) is 2.60. The van der Waals surface area contributed by atoms with E-state index in [2.05, 4.69) is 10.6 Å². The van der Waals surface area contributed by atoms with E-state index >= 15 is 0 Å². The van der Waals surface area contributed by atoms with Crippen LogP contribution in [0.5, 0.6) is 17.2 Å². The third kappa shape index (κ3) is 5.41. The smallest absolute Gasteiger partial charge is 0.171 e. The molecule has 0 fully saturated rings. The highest BCUT2D eigenvalue weighted by molar-refractivity contribution is 7.80. The van der Waals surface area contributed by atoms with Gasteiger partial charge in [-0.3, -0.25) is 0 Å². The molecule has 0 radical (unpaired) electrons. The van der Waals surface area contributed by atoms with Crippen LogP contribution in [0.2, 0.25) is 5.02 Å². The van der Waals surface area contributed by atoms with Crippen LogP contribution in [0.1, 0.15) is 12.5 Å². The van der Waals surface area contributed by atoms with E-state index in [0.717, 1.165) is 11.3 Å². The first-order valence-corrected chi connectivity index (χ1v) is 8.54. The van der Waals surface area contributed by atoms with Crippen LogP contribution in [0, 0.1) is 0 Å². The number of anilines is 1. The van der Waals surface area contributed by atoms with E-state index in [4.69, 9.17) is 38.0 Å². The van der Waals surface area contributed by atoms with Crippen molar-refractivity contribution < 1.29 is 14.2 Å². The molecule has 0 heterocycles. The second-order valence-corrected chi connectivity index (χ2v) is 5.89. The maximum atomic E-state index is 6.11. The van der Waals surface area contributed by atoms with Crippen LogP contribution in [0.4, 0.5) is 5.69 Å². The Bertz CT molecular complexity index is 740. The number of nitrogens with one attached hydrogen (secondary N) is 2. The second kappa shape index (κ2) is 9.34. The fourth-order valence-corrected chi connectivity index (χ4v) is 2.65. The summed E-state index contributed by atoms with van der Waals surface area (Å²) in [4.78, 5) is 0. The molecular weight excluding hydrogens is 360 g/mol. The van der Waals surface area contributed by atoms with Gasteiger partial charge in [0, 0.05) is 12.2 Å². The zero-order valence-electron chi connectivity index (χ0n) is 14.4. The molecule has 0 aromatic heterocycles. The maximum absolute atomic E-state index is 6.11. The van der Waals surface area contributed by atoms with Gasteiger partial charge in [0.2, 0.25) is 0 Å². The minimum Gasteiger partial charge on any atom is -0.495 e. The summed E-state index contributed by atoms with van der Waals surface area (Å²) in [6.07, 6.45) is 0. The summed E-state index contributed by atoms with van der Waals surface area (Å²) in [6, 6.07) is 11.2. The molecule has 0 aliphatic carbocycles. The molecule has 0 spiro atoms. The molecule has 25 heavy (non-hydrogen) atoms. The first-order valence-electron chi connectivity index (χ1n) is 7.75. The standard InChI is InChI=1S/C18H21ClN2O3S/c1-4-24-17-9-12(5-7-16(17)23-3)11-20-18(25)21-13-6-8-15(22-2)14(19)10-13/h5-10H,4,11H2,1-3H3,(H2,20,21,25). The van der Waals surface area contributed by atoms with Crippen molar-refractivity contribution in [2.75, 3.05) is 26.1 Å². The monoisotopic (exact) mass is 380 g/mol. The lowest BCUT2D eigenvalue weighted by Gasteiger charge is -2.14. The molecule has 2 aromatic carbocycles. The Morgan fingerprint density at radius 2 is 1.76 bits per heavy atom. The number of halogens is 1. The van der Waals surface area contributed by atoms with E-state index in [0.29, 0.717) is 40.5 Å². The van der Waals surface area contributed by atoms with Crippen molar-refractivity contribution >= 4 is 34.6 Å². The van der Waals surface area contributed by atoms with E-state index in [1.807, 2.05) is 31.2 Å². The molecule has 5 nitrogen and oxygen atoms in total. The lowest BCUT2D eigenvalue weighted by atomic mass is 10.2. The SMILES string of the molecule is CCOc1cc(CNC(=S)Nc2ccc(OC)c(Cl)c2)ccc1OC. The van der Waals surface area contributed by atoms with Crippen molar-refractivity contribution in [2.24, 2.45) is 0 Å². The van der Waals surface area contributed by atoms with E-state index in [1.54, 1.807) is 26.4 Å². The van der Waals surface area contributed by atoms with Crippen molar-refractivity contribution in [2.45, 2.75) is 13.5 Å². The number of rotatable bonds is 7. The third-order valence-corrected chi connectivity index (χ3v) is 3.93. The summed E-state index contributed by atoms with van der Waals surface area (Å²) in [5.74, 6) is 2.04. The summed E-state index contributed by atoms with van der Waals surface area (Å²) in [5, 5.41) is 7.26. The summed E-state index contributed by atoms with van der Waals surface area (Å²) < 4.78 is 16.0. The number of hydrogen-bond acceptors (Lipinski definition) is 4. The summed E-state index contributed by atoms with van der Waals surface area (Å²) in [5.41, 5.74) is 1.81. The Hall–Kier alpha value is -2.18. The molecule has 0 amide bonds. The number of ether oxygens (including phenoxy) is 3. The molecule has 2 rings (SSSR count). The van der Waals surface area contributed by atoms with Crippen molar-refractivity contribution in [3.05, 3.63) is 47.0 Å². The first kappa shape index (κ1) is 19.1.